The van der Waals surface area contributed by atoms with Gasteiger partial charge in [0.15, 0.2) is 0 Å². The van der Waals surface area contributed by atoms with Gasteiger partial charge >= 0.3 is 0 Å². The van der Waals surface area contributed by atoms with Crippen molar-refractivity contribution in [2.45, 2.75) is 31.3 Å². The first kappa shape index (κ1) is 12.9. The molecule has 17 heavy (non-hydrogen) atoms. The highest BCUT2D eigenvalue weighted by atomic mass is 32.2. The van der Waals surface area contributed by atoms with Crippen LogP contribution in [0.3, 0.4) is 0 Å². The summed E-state index contributed by atoms with van der Waals surface area (Å²) in [7, 11) is 0. The molecule has 1 fully saturated rings. The third kappa shape index (κ3) is 4.02. The van der Waals surface area contributed by atoms with Gasteiger partial charge in [-0.25, -0.2) is 0 Å². The Morgan fingerprint density at radius 1 is 1.24 bits per heavy atom. The van der Waals surface area contributed by atoms with Crippen molar-refractivity contribution in [3.05, 3.63) is 35.9 Å². The van der Waals surface area contributed by atoms with E-state index in [1.165, 1.54) is 29.9 Å². The van der Waals surface area contributed by atoms with Crippen LogP contribution in [0.5, 0.6) is 0 Å². The third-order valence-electron chi connectivity index (χ3n) is 3.28. The third-order valence-corrected chi connectivity index (χ3v) is 4.33. The predicted octanol–water partition coefficient (Wildman–Crippen LogP) is 2.60. The maximum Gasteiger partial charge on any atom is 0.0449 e. The molecule has 1 aliphatic heterocycles. The Bertz CT molecular complexity index is 311. The van der Waals surface area contributed by atoms with Crippen LogP contribution in [0.15, 0.2) is 30.3 Å². The van der Waals surface area contributed by atoms with Crippen molar-refractivity contribution in [1.29, 1.82) is 0 Å². The maximum absolute atomic E-state index is 9.18. The Kier molecular flexibility index (Phi) is 5.36. The minimum absolute atomic E-state index is 0.244. The standard InChI is InChI=1S/C14H21NOS/c16-9-6-14(12-4-2-1-3-5-12)15-13-7-10-17-11-8-13/h1-5,13-16H,6-11H2/t14-/m1/s1. The molecule has 94 valence electrons. The quantitative estimate of drug-likeness (QED) is 0.843. The zero-order chi connectivity index (χ0) is 11.9. The molecule has 2 nitrogen and oxygen atoms in total. The lowest BCUT2D eigenvalue weighted by atomic mass is 10.0. The molecule has 1 atom stereocenters. The fraction of sp³-hybridized carbons (Fsp3) is 0.571. The summed E-state index contributed by atoms with van der Waals surface area (Å²) in [4.78, 5) is 0. The van der Waals surface area contributed by atoms with Crippen LogP contribution < -0.4 is 5.32 Å². The summed E-state index contributed by atoms with van der Waals surface area (Å²) < 4.78 is 0. The van der Waals surface area contributed by atoms with E-state index in [1.807, 2.05) is 17.8 Å². The van der Waals surface area contributed by atoms with Crippen LogP contribution >= 0.6 is 11.8 Å². The van der Waals surface area contributed by atoms with E-state index >= 15 is 0 Å². The molecule has 0 amide bonds. The molecule has 2 N–H and O–H groups in total. The van der Waals surface area contributed by atoms with Gasteiger partial charge in [0.05, 0.1) is 0 Å². The van der Waals surface area contributed by atoms with E-state index in [-0.39, 0.29) is 6.61 Å². The SMILES string of the molecule is OCC[C@@H](NC1CCSCC1)c1ccccc1. The lowest BCUT2D eigenvalue weighted by molar-refractivity contribution is 0.256. The van der Waals surface area contributed by atoms with Crippen LogP contribution in [0, 0.1) is 0 Å². The van der Waals surface area contributed by atoms with Crippen molar-refractivity contribution >= 4 is 11.8 Å². The minimum atomic E-state index is 0.244. The highest BCUT2D eigenvalue weighted by molar-refractivity contribution is 7.99. The molecule has 0 spiro atoms. The highest BCUT2D eigenvalue weighted by Gasteiger charge is 2.18. The van der Waals surface area contributed by atoms with E-state index in [4.69, 9.17) is 0 Å². The topological polar surface area (TPSA) is 32.3 Å². The molecule has 0 saturated carbocycles. The second-order valence-electron chi connectivity index (χ2n) is 4.53. The van der Waals surface area contributed by atoms with Crippen LogP contribution in [-0.4, -0.2) is 29.3 Å². The summed E-state index contributed by atoms with van der Waals surface area (Å²) in [6.45, 7) is 0.244. The smallest absolute Gasteiger partial charge is 0.0449 e. The first-order valence-corrected chi connectivity index (χ1v) is 7.55. The molecule has 2 rings (SSSR count). The Hall–Kier alpha value is -0.510. The van der Waals surface area contributed by atoms with Gasteiger partial charge in [0, 0.05) is 18.7 Å². The van der Waals surface area contributed by atoms with Gasteiger partial charge in [-0.3, -0.25) is 0 Å². The monoisotopic (exact) mass is 251 g/mol. The number of thioether (sulfide) groups is 1. The zero-order valence-corrected chi connectivity index (χ0v) is 11.0. The number of hydrogen-bond acceptors (Lipinski definition) is 3. The summed E-state index contributed by atoms with van der Waals surface area (Å²) in [5.74, 6) is 2.52. The van der Waals surface area contributed by atoms with Crippen molar-refractivity contribution in [3.8, 4) is 0 Å². The summed E-state index contributed by atoms with van der Waals surface area (Å²) in [6.07, 6.45) is 3.30. The molecular formula is C14H21NOS. The lowest BCUT2D eigenvalue weighted by Crippen LogP contribution is -2.36. The molecule has 0 aromatic heterocycles. The van der Waals surface area contributed by atoms with Crippen LogP contribution in [0.2, 0.25) is 0 Å². The maximum atomic E-state index is 9.18. The molecule has 0 radical (unpaired) electrons. The first-order chi connectivity index (χ1) is 8.40. The molecule has 0 aliphatic carbocycles. The van der Waals surface area contributed by atoms with Gasteiger partial charge in [0.1, 0.15) is 0 Å². The average molecular weight is 251 g/mol. The van der Waals surface area contributed by atoms with E-state index in [1.54, 1.807) is 0 Å². The summed E-state index contributed by atoms with van der Waals surface area (Å²) in [5.41, 5.74) is 1.29. The Balaban J connectivity index is 1.96. The Morgan fingerprint density at radius 3 is 2.59 bits per heavy atom. The van der Waals surface area contributed by atoms with E-state index in [9.17, 15) is 5.11 Å². The lowest BCUT2D eigenvalue weighted by Gasteiger charge is -2.28. The summed E-state index contributed by atoms with van der Waals surface area (Å²) in [5, 5.41) is 12.9. The van der Waals surface area contributed by atoms with E-state index in [0.29, 0.717) is 12.1 Å². The fourth-order valence-corrected chi connectivity index (χ4v) is 3.42. The van der Waals surface area contributed by atoms with E-state index in [0.717, 1.165) is 6.42 Å². The van der Waals surface area contributed by atoms with Gasteiger partial charge in [0.25, 0.3) is 0 Å². The normalized spacial score (nSPS) is 19.1. The van der Waals surface area contributed by atoms with Crippen molar-refractivity contribution in [2.24, 2.45) is 0 Å². The Labute approximate surface area is 108 Å². The van der Waals surface area contributed by atoms with Gasteiger partial charge in [-0.2, -0.15) is 11.8 Å². The molecule has 1 aromatic rings. The first-order valence-electron chi connectivity index (χ1n) is 6.40. The van der Waals surface area contributed by atoms with E-state index in [2.05, 4.69) is 29.6 Å². The second kappa shape index (κ2) is 7.04. The summed E-state index contributed by atoms with van der Waals surface area (Å²) in [6, 6.07) is 11.4. The minimum Gasteiger partial charge on any atom is -0.396 e. The molecule has 1 heterocycles. The van der Waals surface area contributed by atoms with Gasteiger partial charge in [-0.15, -0.1) is 0 Å². The predicted molar refractivity (Wildman–Crippen MR) is 74.4 cm³/mol. The summed E-state index contributed by atoms with van der Waals surface area (Å²) >= 11 is 2.05. The van der Waals surface area contributed by atoms with Crippen molar-refractivity contribution < 1.29 is 5.11 Å². The highest BCUT2D eigenvalue weighted by Crippen LogP contribution is 2.22. The van der Waals surface area contributed by atoms with Crippen LogP contribution in [0.1, 0.15) is 30.9 Å². The number of rotatable bonds is 5. The molecule has 0 bridgehead atoms. The fourth-order valence-electron chi connectivity index (χ4n) is 2.31. The van der Waals surface area contributed by atoms with Crippen LogP contribution in [0.4, 0.5) is 0 Å². The van der Waals surface area contributed by atoms with Gasteiger partial charge < -0.3 is 10.4 Å². The molecule has 3 heteroatoms. The second-order valence-corrected chi connectivity index (χ2v) is 5.75. The van der Waals surface area contributed by atoms with Crippen molar-refractivity contribution in [3.63, 3.8) is 0 Å². The number of hydrogen-bond donors (Lipinski definition) is 2. The molecular weight excluding hydrogens is 230 g/mol. The average Bonchev–Trinajstić information content (AvgIpc) is 2.40. The van der Waals surface area contributed by atoms with Gasteiger partial charge in [0.2, 0.25) is 0 Å². The largest absolute Gasteiger partial charge is 0.396 e. The van der Waals surface area contributed by atoms with Gasteiger partial charge in [-0.05, 0) is 36.3 Å². The van der Waals surface area contributed by atoms with Gasteiger partial charge in [-0.1, -0.05) is 30.3 Å². The van der Waals surface area contributed by atoms with Crippen LogP contribution in [-0.2, 0) is 0 Å². The number of nitrogens with one attached hydrogen (secondary N) is 1. The molecule has 1 aliphatic rings. The number of aliphatic hydroxyl groups excluding tert-OH is 1. The zero-order valence-electron chi connectivity index (χ0n) is 10.1. The van der Waals surface area contributed by atoms with Crippen molar-refractivity contribution in [2.75, 3.05) is 18.1 Å². The molecule has 0 unspecified atom stereocenters. The van der Waals surface area contributed by atoms with E-state index < -0.39 is 0 Å². The number of aliphatic hydroxyl groups is 1. The molecule has 1 saturated heterocycles. The number of benzene rings is 1. The molecule has 1 aromatic carbocycles. The Morgan fingerprint density at radius 2 is 1.94 bits per heavy atom. The van der Waals surface area contributed by atoms with Crippen LogP contribution in [0.25, 0.3) is 0 Å². The van der Waals surface area contributed by atoms with Crippen molar-refractivity contribution in [1.82, 2.24) is 5.32 Å².